The molecule has 0 fully saturated rings. The Morgan fingerprint density at radius 2 is 1.83 bits per heavy atom. The van der Waals surface area contributed by atoms with Gasteiger partial charge in [-0.05, 0) is 32.4 Å². The van der Waals surface area contributed by atoms with Crippen LogP contribution < -0.4 is 5.32 Å². The van der Waals surface area contributed by atoms with Crippen molar-refractivity contribution in [3.8, 4) is 11.1 Å². The molecule has 120 valence electrons. The van der Waals surface area contributed by atoms with E-state index >= 15 is 0 Å². The standard InChI is InChI=1S/C17H18N2O4/c1-17(2,3)23-16(20)18-15-10-5-4-9-14(15)12-7-6-8-13(11-12)19(21)22/h4-11H,1-3H3,(H,18,20). The molecule has 6 heteroatoms. The number of carbonyl (C=O) groups is 1. The van der Waals surface area contributed by atoms with E-state index in [1.807, 2.05) is 0 Å². The van der Waals surface area contributed by atoms with Crippen LogP contribution in [0.4, 0.5) is 16.2 Å². The van der Waals surface area contributed by atoms with Gasteiger partial charge in [-0.2, -0.15) is 0 Å². The van der Waals surface area contributed by atoms with Gasteiger partial charge < -0.3 is 4.74 Å². The number of nitrogens with zero attached hydrogens (tertiary/aromatic N) is 1. The fourth-order valence-electron chi connectivity index (χ4n) is 2.04. The highest BCUT2D eigenvalue weighted by atomic mass is 16.6. The van der Waals surface area contributed by atoms with Gasteiger partial charge in [0, 0.05) is 17.7 Å². The molecule has 0 aliphatic rings. The fraction of sp³-hybridized carbons (Fsp3) is 0.235. The number of nitro groups is 1. The van der Waals surface area contributed by atoms with Crippen molar-refractivity contribution in [2.75, 3.05) is 5.32 Å². The lowest BCUT2D eigenvalue weighted by molar-refractivity contribution is -0.384. The Morgan fingerprint density at radius 1 is 1.13 bits per heavy atom. The van der Waals surface area contributed by atoms with E-state index < -0.39 is 16.6 Å². The minimum absolute atomic E-state index is 0.00503. The summed E-state index contributed by atoms with van der Waals surface area (Å²) >= 11 is 0. The number of anilines is 1. The number of hydrogen-bond donors (Lipinski definition) is 1. The number of amides is 1. The SMILES string of the molecule is CC(C)(C)OC(=O)Nc1ccccc1-c1cccc([N+](=O)[O-])c1. The molecular weight excluding hydrogens is 296 g/mol. The maximum atomic E-state index is 11.9. The predicted octanol–water partition coefficient (Wildman–Crippen LogP) is 4.61. The second-order valence-electron chi connectivity index (χ2n) is 5.98. The highest BCUT2D eigenvalue weighted by Gasteiger charge is 2.18. The van der Waals surface area contributed by atoms with Gasteiger partial charge in [-0.25, -0.2) is 4.79 Å². The van der Waals surface area contributed by atoms with Crippen molar-refractivity contribution >= 4 is 17.5 Å². The van der Waals surface area contributed by atoms with E-state index in [4.69, 9.17) is 4.74 Å². The Balaban J connectivity index is 2.33. The van der Waals surface area contributed by atoms with Crippen molar-refractivity contribution in [3.63, 3.8) is 0 Å². The van der Waals surface area contributed by atoms with E-state index in [1.54, 1.807) is 57.2 Å². The van der Waals surface area contributed by atoms with E-state index in [1.165, 1.54) is 12.1 Å². The van der Waals surface area contributed by atoms with Crippen LogP contribution in [0, 0.1) is 10.1 Å². The zero-order chi connectivity index (χ0) is 17.0. The number of benzene rings is 2. The minimum atomic E-state index is -0.607. The summed E-state index contributed by atoms with van der Waals surface area (Å²) in [4.78, 5) is 22.4. The Hall–Kier alpha value is -2.89. The van der Waals surface area contributed by atoms with Gasteiger partial charge in [-0.3, -0.25) is 15.4 Å². The molecule has 0 aliphatic heterocycles. The third-order valence-electron chi connectivity index (χ3n) is 2.93. The average molecular weight is 314 g/mol. The summed E-state index contributed by atoms with van der Waals surface area (Å²) in [6.07, 6.45) is -0.574. The van der Waals surface area contributed by atoms with E-state index in [0.29, 0.717) is 16.8 Å². The molecule has 2 aromatic carbocycles. The van der Waals surface area contributed by atoms with Crippen molar-refractivity contribution in [1.29, 1.82) is 0 Å². The van der Waals surface area contributed by atoms with Crippen molar-refractivity contribution in [3.05, 3.63) is 58.6 Å². The van der Waals surface area contributed by atoms with Crippen LogP contribution in [0.5, 0.6) is 0 Å². The lowest BCUT2D eigenvalue weighted by Gasteiger charge is -2.20. The lowest BCUT2D eigenvalue weighted by Crippen LogP contribution is -2.27. The number of rotatable bonds is 3. The van der Waals surface area contributed by atoms with E-state index in [9.17, 15) is 14.9 Å². The quantitative estimate of drug-likeness (QED) is 0.662. The van der Waals surface area contributed by atoms with Gasteiger partial charge in [0.15, 0.2) is 0 Å². The molecule has 23 heavy (non-hydrogen) atoms. The van der Waals surface area contributed by atoms with Crippen LogP contribution in [0.1, 0.15) is 20.8 Å². The number of hydrogen-bond acceptors (Lipinski definition) is 4. The summed E-state index contributed by atoms with van der Waals surface area (Å²) in [5.74, 6) is 0. The number of nitro benzene ring substituents is 1. The van der Waals surface area contributed by atoms with E-state index in [2.05, 4.69) is 5.32 Å². The number of nitrogens with one attached hydrogen (secondary N) is 1. The summed E-state index contributed by atoms with van der Waals surface area (Å²) in [5, 5.41) is 13.6. The van der Waals surface area contributed by atoms with E-state index in [0.717, 1.165) is 0 Å². The van der Waals surface area contributed by atoms with E-state index in [-0.39, 0.29) is 5.69 Å². The minimum Gasteiger partial charge on any atom is -0.444 e. The van der Waals surface area contributed by atoms with Crippen LogP contribution >= 0.6 is 0 Å². The van der Waals surface area contributed by atoms with Crippen molar-refractivity contribution in [2.45, 2.75) is 26.4 Å². The number of carbonyl (C=O) groups excluding carboxylic acids is 1. The van der Waals surface area contributed by atoms with Gasteiger partial charge in [-0.15, -0.1) is 0 Å². The van der Waals surface area contributed by atoms with Crippen molar-refractivity contribution in [1.82, 2.24) is 0 Å². The van der Waals surface area contributed by atoms with Gasteiger partial charge in [0.1, 0.15) is 5.60 Å². The van der Waals surface area contributed by atoms with Crippen LogP contribution in [0.25, 0.3) is 11.1 Å². The fourth-order valence-corrected chi connectivity index (χ4v) is 2.04. The molecular formula is C17H18N2O4. The van der Waals surface area contributed by atoms with Gasteiger partial charge in [-0.1, -0.05) is 30.3 Å². The third kappa shape index (κ3) is 4.54. The molecule has 0 aliphatic carbocycles. The average Bonchev–Trinajstić information content (AvgIpc) is 2.46. The highest BCUT2D eigenvalue weighted by molar-refractivity contribution is 5.91. The van der Waals surface area contributed by atoms with Crippen molar-refractivity contribution < 1.29 is 14.5 Å². The molecule has 0 aromatic heterocycles. The first-order valence-electron chi connectivity index (χ1n) is 7.10. The topological polar surface area (TPSA) is 81.5 Å². The number of non-ortho nitro benzene ring substituents is 1. The largest absolute Gasteiger partial charge is 0.444 e. The zero-order valence-corrected chi connectivity index (χ0v) is 13.2. The normalized spacial score (nSPS) is 10.9. The Kier molecular flexibility index (Phi) is 4.64. The summed E-state index contributed by atoms with van der Waals surface area (Å²) in [7, 11) is 0. The molecule has 0 atom stereocenters. The maximum absolute atomic E-state index is 11.9. The molecule has 6 nitrogen and oxygen atoms in total. The predicted molar refractivity (Wildman–Crippen MR) is 88.4 cm³/mol. The molecule has 2 rings (SSSR count). The zero-order valence-electron chi connectivity index (χ0n) is 13.2. The molecule has 0 bridgehead atoms. The first-order chi connectivity index (χ1) is 10.8. The van der Waals surface area contributed by atoms with Crippen molar-refractivity contribution in [2.24, 2.45) is 0 Å². The lowest BCUT2D eigenvalue weighted by atomic mass is 10.0. The molecule has 0 spiro atoms. The summed E-state index contributed by atoms with van der Waals surface area (Å²) in [5.41, 5.74) is 1.25. The second-order valence-corrected chi connectivity index (χ2v) is 5.98. The third-order valence-corrected chi connectivity index (χ3v) is 2.93. The summed E-state index contributed by atoms with van der Waals surface area (Å²) in [6, 6.07) is 13.3. The van der Waals surface area contributed by atoms with Crippen LogP contribution in [0.3, 0.4) is 0 Å². The Morgan fingerprint density at radius 3 is 2.48 bits per heavy atom. The molecule has 0 radical (unpaired) electrons. The smallest absolute Gasteiger partial charge is 0.412 e. The molecule has 0 heterocycles. The first kappa shape index (κ1) is 16.5. The second kappa shape index (κ2) is 6.48. The number of ether oxygens (including phenoxy) is 1. The molecule has 1 amide bonds. The van der Waals surface area contributed by atoms with Crippen LogP contribution in [0.2, 0.25) is 0 Å². The summed E-state index contributed by atoms with van der Waals surface area (Å²) in [6.45, 7) is 5.33. The monoisotopic (exact) mass is 314 g/mol. The van der Waals surface area contributed by atoms with Crippen LogP contribution in [-0.2, 0) is 4.74 Å². The first-order valence-corrected chi connectivity index (χ1v) is 7.10. The molecule has 1 N–H and O–H groups in total. The van der Waals surface area contributed by atoms with Gasteiger partial charge >= 0.3 is 6.09 Å². The van der Waals surface area contributed by atoms with Gasteiger partial charge in [0.25, 0.3) is 5.69 Å². The number of para-hydroxylation sites is 1. The van der Waals surface area contributed by atoms with Crippen LogP contribution in [-0.4, -0.2) is 16.6 Å². The Bertz CT molecular complexity index is 735. The molecule has 0 unspecified atom stereocenters. The van der Waals surface area contributed by atoms with Gasteiger partial charge in [0.05, 0.1) is 10.6 Å². The molecule has 0 saturated heterocycles. The molecule has 2 aromatic rings. The van der Waals surface area contributed by atoms with Gasteiger partial charge in [0.2, 0.25) is 0 Å². The Labute approximate surface area is 134 Å². The van der Waals surface area contributed by atoms with Crippen LogP contribution in [0.15, 0.2) is 48.5 Å². The highest BCUT2D eigenvalue weighted by Crippen LogP contribution is 2.30. The summed E-state index contributed by atoms with van der Waals surface area (Å²) < 4.78 is 5.24. The maximum Gasteiger partial charge on any atom is 0.412 e. The molecule has 0 saturated carbocycles.